The molecule has 0 spiro atoms. The van der Waals surface area contributed by atoms with E-state index in [9.17, 15) is 4.79 Å². The van der Waals surface area contributed by atoms with E-state index in [0.717, 1.165) is 30.0 Å². The summed E-state index contributed by atoms with van der Waals surface area (Å²) in [4.78, 5) is 19.3. The summed E-state index contributed by atoms with van der Waals surface area (Å²) in [6.45, 7) is 2.63. The first-order chi connectivity index (χ1) is 13.2. The average Bonchev–Trinajstić information content (AvgIpc) is 3.34. The first-order valence-corrected chi connectivity index (χ1v) is 9.66. The minimum atomic E-state index is -0.268. The first-order valence-electron chi connectivity index (χ1n) is 8.78. The van der Waals surface area contributed by atoms with Crippen molar-refractivity contribution in [3.8, 4) is 17.1 Å². The molecule has 1 aliphatic heterocycles. The maximum absolute atomic E-state index is 12.9. The SMILES string of the molecule is COc1ccc(-c2nc(S[C@H](C)C(=O)N3CCc4ccccc43)n[nH]2)cc1. The molecule has 1 N–H and O–H groups in total. The van der Waals surface area contributed by atoms with Crippen molar-refractivity contribution in [3.63, 3.8) is 0 Å². The lowest BCUT2D eigenvalue weighted by atomic mass is 10.2. The van der Waals surface area contributed by atoms with Crippen LogP contribution in [0.3, 0.4) is 0 Å². The molecule has 4 rings (SSSR count). The van der Waals surface area contributed by atoms with Crippen LogP contribution in [0.15, 0.2) is 53.7 Å². The summed E-state index contributed by atoms with van der Waals surface area (Å²) in [5.41, 5.74) is 3.16. The van der Waals surface area contributed by atoms with E-state index in [4.69, 9.17) is 4.74 Å². The van der Waals surface area contributed by atoms with Gasteiger partial charge in [-0.25, -0.2) is 4.98 Å². The lowest BCUT2D eigenvalue weighted by molar-refractivity contribution is -0.117. The molecule has 7 heteroatoms. The van der Waals surface area contributed by atoms with Gasteiger partial charge in [-0.3, -0.25) is 9.89 Å². The standard InChI is InChI=1S/C20H20N4O2S/c1-13(19(25)24-12-11-14-5-3-4-6-17(14)24)27-20-21-18(22-23-20)15-7-9-16(26-2)10-8-15/h3-10,13H,11-12H2,1-2H3,(H,21,22,23)/t13-/m1/s1. The summed E-state index contributed by atoms with van der Waals surface area (Å²) in [5.74, 6) is 1.55. The second-order valence-electron chi connectivity index (χ2n) is 6.32. The molecule has 2 aromatic carbocycles. The fourth-order valence-electron chi connectivity index (χ4n) is 3.17. The van der Waals surface area contributed by atoms with Crippen LogP contribution in [-0.2, 0) is 11.2 Å². The maximum atomic E-state index is 12.9. The third-order valence-corrected chi connectivity index (χ3v) is 5.56. The van der Waals surface area contributed by atoms with E-state index in [2.05, 4.69) is 21.2 Å². The Morgan fingerprint density at radius 2 is 2.00 bits per heavy atom. The molecule has 1 amide bonds. The molecule has 1 aromatic heterocycles. The van der Waals surface area contributed by atoms with Crippen LogP contribution in [0.4, 0.5) is 5.69 Å². The lowest BCUT2D eigenvalue weighted by Crippen LogP contribution is -2.35. The molecule has 0 aliphatic carbocycles. The molecule has 1 aliphatic rings. The number of aromatic amines is 1. The minimum absolute atomic E-state index is 0.0840. The van der Waals surface area contributed by atoms with Crippen molar-refractivity contribution in [2.24, 2.45) is 0 Å². The van der Waals surface area contributed by atoms with E-state index < -0.39 is 0 Å². The van der Waals surface area contributed by atoms with Gasteiger partial charge in [-0.05, 0) is 49.2 Å². The molecule has 0 unspecified atom stereocenters. The monoisotopic (exact) mass is 380 g/mol. The Morgan fingerprint density at radius 3 is 2.78 bits per heavy atom. The third-order valence-electron chi connectivity index (χ3n) is 4.61. The van der Waals surface area contributed by atoms with E-state index in [1.807, 2.05) is 54.3 Å². The number of fused-ring (bicyclic) bond motifs is 1. The number of carbonyl (C=O) groups excluding carboxylic acids is 1. The summed E-state index contributed by atoms with van der Waals surface area (Å²) in [6.07, 6.45) is 0.904. The quantitative estimate of drug-likeness (QED) is 0.686. The van der Waals surface area contributed by atoms with Gasteiger partial charge in [-0.15, -0.1) is 5.10 Å². The Kier molecular flexibility index (Phi) is 4.85. The smallest absolute Gasteiger partial charge is 0.240 e. The highest BCUT2D eigenvalue weighted by molar-refractivity contribution is 8.00. The molecule has 0 radical (unpaired) electrons. The van der Waals surface area contributed by atoms with Crippen molar-refractivity contribution in [2.75, 3.05) is 18.6 Å². The number of H-pyrrole nitrogens is 1. The summed E-state index contributed by atoms with van der Waals surface area (Å²) in [5, 5.41) is 7.49. The predicted octanol–water partition coefficient (Wildman–Crippen LogP) is 3.55. The zero-order valence-corrected chi connectivity index (χ0v) is 16.0. The van der Waals surface area contributed by atoms with Crippen molar-refractivity contribution in [1.29, 1.82) is 0 Å². The zero-order chi connectivity index (χ0) is 18.8. The highest BCUT2D eigenvalue weighted by Crippen LogP contribution is 2.31. The highest BCUT2D eigenvalue weighted by atomic mass is 32.2. The van der Waals surface area contributed by atoms with Crippen LogP contribution in [0.25, 0.3) is 11.4 Å². The Morgan fingerprint density at radius 1 is 1.22 bits per heavy atom. The number of para-hydroxylation sites is 1. The Bertz CT molecular complexity index is 955. The number of ether oxygens (including phenoxy) is 1. The number of thioether (sulfide) groups is 1. The lowest BCUT2D eigenvalue weighted by Gasteiger charge is -2.20. The molecule has 6 nitrogen and oxygen atoms in total. The number of rotatable bonds is 5. The van der Waals surface area contributed by atoms with Gasteiger partial charge in [0.2, 0.25) is 11.1 Å². The van der Waals surface area contributed by atoms with Gasteiger partial charge in [-0.2, -0.15) is 0 Å². The van der Waals surface area contributed by atoms with Crippen LogP contribution in [-0.4, -0.2) is 40.0 Å². The van der Waals surface area contributed by atoms with Gasteiger partial charge >= 0.3 is 0 Å². The molecule has 138 valence electrons. The molecular weight excluding hydrogens is 360 g/mol. The second kappa shape index (κ2) is 7.44. The molecular formula is C20H20N4O2S. The Hall–Kier alpha value is -2.80. The number of hydrogen-bond donors (Lipinski definition) is 1. The molecule has 2 heterocycles. The van der Waals surface area contributed by atoms with Crippen molar-refractivity contribution >= 4 is 23.4 Å². The Labute approximate surface area is 162 Å². The molecule has 0 fully saturated rings. The zero-order valence-electron chi connectivity index (χ0n) is 15.2. The normalized spacial score (nSPS) is 14.1. The molecule has 3 aromatic rings. The molecule has 0 saturated carbocycles. The largest absolute Gasteiger partial charge is 0.497 e. The van der Waals surface area contributed by atoms with Crippen molar-refractivity contribution in [2.45, 2.75) is 23.8 Å². The van der Waals surface area contributed by atoms with Gasteiger partial charge in [0.05, 0.1) is 12.4 Å². The number of aromatic nitrogens is 3. The van der Waals surface area contributed by atoms with Gasteiger partial charge < -0.3 is 9.64 Å². The summed E-state index contributed by atoms with van der Waals surface area (Å²) in [7, 11) is 1.63. The van der Waals surface area contributed by atoms with Crippen molar-refractivity contribution < 1.29 is 9.53 Å². The van der Waals surface area contributed by atoms with E-state index in [0.29, 0.717) is 11.0 Å². The summed E-state index contributed by atoms with van der Waals surface area (Å²) >= 11 is 1.37. The van der Waals surface area contributed by atoms with E-state index in [1.165, 1.54) is 17.3 Å². The maximum Gasteiger partial charge on any atom is 0.240 e. The molecule has 0 bridgehead atoms. The van der Waals surface area contributed by atoms with Crippen LogP contribution in [0, 0.1) is 0 Å². The van der Waals surface area contributed by atoms with Gasteiger partial charge in [0.25, 0.3) is 0 Å². The van der Waals surface area contributed by atoms with Gasteiger partial charge in [0, 0.05) is 17.8 Å². The summed E-state index contributed by atoms with van der Waals surface area (Å²) < 4.78 is 5.17. The number of nitrogens with one attached hydrogen (secondary N) is 1. The van der Waals surface area contributed by atoms with Gasteiger partial charge in [-0.1, -0.05) is 30.0 Å². The number of methoxy groups -OCH3 is 1. The van der Waals surface area contributed by atoms with Crippen LogP contribution < -0.4 is 9.64 Å². The topological polar surface area (TPSA) is 71.1 Å². The highest BCUT2D eigenvalue weighted by Gasteiger charge is 2.29. The number of nitrogens with zero attached hydrogens (tertiary/aromatic N) is 3. The number of benzene rings is 2. The second-order valence-corrected chi connectivity index (χ2v) is 7.63. The minimum Gasteiger partial charge on any atom is -0.497 e. The number of carbonyl (C=O) groups is 1. The van der Waals surface area contributed by atoms with E-state index >= 15 is 0 Å². The Balaban J connectivity index is 1.45. The first kappa shape index (κ1) is 17.6. The van der Waals surface area contributed by atoms with Crippen molar-refractivity contribution in [1.82, 2.24) is 15.2 Å². The number of anilines is 1. The van der Waals surface area contributed by atoms with E-state index in [1.54, 1.807) is 7.11 Å². The fraction of sp³-hybridized carbons (Fsp3) is 0.250. The molecule has 0 saturated heterocycles. The average molecular weight is 380 g/mol. The van der Waals surface area contributed by atoms with Gasteiger partial charge in [0.15, 0.2) is 5.82 Å². The molecule has 1 atom stereocenters. The predicted molar refractivity (Wildman–Crippen MR) is 106 cm³/mol. The van der Waals surface area contributed by atoms with Crippen LogP contribution in [0.1, 0.15) is 12.5 Å². The third kappa shape index (κ3) is 3.55. The molecule has 27 heavy (non-hydrogen) atoms. The van der Waals surface area contributed by atoms with E-state index in [-0.39, 0.29) is 11.2 Å². The van der Waals surface area contributed by atoms with Crippen LogP contribution in [0.2, 0.25) is 0 Å². The summed E-state index contributed by atoms with van der Waals surface area (Å²) in [6, 6.07) is 15.7. The van der Waals surface area contributed by atoms with Crippen LogP contribution >= 0.6 is 11.8 Å². The van der Waals surface area contributed by atoms with Gasteiger partial charge in [0.1, 0.15) is 5.75 Å². The number of amides is 1. The fourth-order valence-corrected chi connectivity index (χ4v) is 3.96. The number of hydrogen-bond acceptors (Lipinski definition) is 5. The van der Waals surface area contributed by atoms with Crippen LogP contribution in [0.5, 0.6) is 5.75 Å². The van der Waals surface area contributed by atoms with Crippen molar-refractivity contribution in [3.05, 3.63) is 54.1 Å².